The standard InChI is InChI=1S/C19H28N2O2/c22-18-13-20-11-17(18)12-21-19(23)10-14-6-8-16(9-7-14)15-4-2-1-3-5-15/h1-5,14,16-18,20,22H,6-13H2,(H,21,23). The fourth-order valence-corrected chi connectivity index (χ4v) is 3.93. The minimum Gasteiger partial charge on any atom is -0.391 e. The number of hydrogen-bond acceptors (Lipinski definition) is 3. The van der Waals surface area contributed by atoms with Gasteiger partial charge in [-0.3, -0.25) is 4.79 Å². The van der Waals surface area contributed by atoms with Crippen LogP contribution in [0.15, 0.2) is 30.3 Å². The predicted molar refractivity (Wildman–Crippen MR) is 91.1 cm³/mol. The Hall–Kier alpha value is -1.39. The van der Waals surface area contributed by atoms with Crippen LogP contribution in [0.2, 0.25) is 0 Å². The first-order valence-corrected chi connectivity index (χ1v) is 8.93. The molecule has 0 spiro atoms. The Labute approximate surface area is 138 Å². The zero-order valence-electron chi connectivity index (χ0n) is 13.7. The summed E-state index contributed by atoms with van der Waals surface area (Å²) in [6, 6.07) is 10.7. The molecule has 1 amide bonds. The molecular formula is C19H28N2O2. The van der Waals surface area contributed by atoms with E-state index in [9.17, 15) is 9.90 Å². The average Bonchev–Trinajstić information content (AvgIpc) is 3.00. The lowest BCUT2D eigenvalue weighted by Crippen LogP contribution is -2.35. The summed E-state index contributed by atoms with van der Waals surface area (Å²) in [6.45, 7) is 2.03. The lowest BCUT2D eigenvalue weighted by Gasteiger charge is -2.28. The quantitative estimate of drug-likeness (QED) is 0.779. The van der Waals surface area contributed by atoms with Gasteiger partial charge in [0.2, 0.25) is 5.91 Å². The van der Waals surface area contributed by atoms with Crippen molar-refractivity contribution in [3.05, 3.63) is 35.9 Å². The molecular weight excluding hydrogens is 288 g/mol. The van der Waals surface area contributed by atoms with E-state index in [0.717, 1.165) is 19.4 Å². The van der Waals surface area contributed by atoms with Crippen LogP contribution in [0.5, 0.6) is 0 Å². The van der Waals surface area contributed by atoms with Crippen LogP contribution in [-0.2, 0) is 4.79 Å². The van der Waals surface area contributed by atoms with Crippen molar-refractivity contribution in [3.63, 3.8) is 0 Å². The van der Waals surface area contributed by atoms with Gasteiger partial charge in [0, 0.05) is 32.0 Å². The molecule has 126 valence electrons. The molecule has 3 N–H and O–H groups in total. The van der Waals surface area contributed by atoms with Crippen LogP contribution >= 0.6 is 0 Å². The molecule has 2 aliphatic rings. The number of β-amino-alcohol motifs (C(OH)–C–C–N with tert-alkyl or cyclic N) is 1. The Morgan fingerprint density at radius 1 is 1.13 bits per heavy atom. The van der Waals surface area contributed by atoms with Crippen LogP contribution < -0.4 is 10.6 Å². The second-order valence-electron chi connectivity index (χ2n) is 7.12. The van der Waals surface area contributed by atoms with E-state index in [0.29, 0.717) is 31.3 Å². The topological polar surface area (TPSA) is 61.4 Å². The number of aliphatic hydroxyl groups is 1. The van der Waals surface area contributed by atoms with Gasteiger partial charge >= 0.3 is 0 Å². The highest BCUT2D eigenvalue weighted by molar-refractivity contribution is 5.76. The zero-order valence-corrected chi connectivity index (χ0v) is 13.7. The molecule has 1 heterocycles. The largest absolute Gasteiger partial charge is 0.391 e. The first-order chi connectivity index (χ1) is 11.2. The van der Waals surface area contributed by atoms with Gasteiger partial charge in [0.05, 0.1) is 6.10 Å². The molecule has 0 bridgehead atoms. The van der Waals surface area contributed by atoms with Crippen LogP contribution in [0.4, 0.5) is 0 Å². The summed E-state index contributed by atoms with van der Waals surface area (Å²) in [5.74, 6) is 1.48. The minimum atomic E-state index is -0.323. The second-order valence-corrected chi connectivity index (χ2v) is 7.12. The van der Waals surface area contributed by atoms with Crippen molar-refractivity contribution in [1.82, 2.24) is 10.6 Å². The summed E-state index contributed by atoms with van der Waals surface area (Å²) in [5.41, 5.74) is 1.44. The highest BCUT2D eigenvalue weighted by Gasteiger charge is 2.27. The fraction of sp³-hybridized carbons (Fsp3) is 0.632. The van der Waals surface area contributed by atoms with Crippen LogP contribution in [0.1, 0.15) is 43.6 Å². The van der Waals surface area contributed by atoms with Crippen molar-refractivity contribution >= 4 is 5.91 Å². The third kappa shape index (κ3) is 4.55. The van der Waals surface area contributed by atoms with Crippen molar-refractivity contribution in [3.8, 4) is 0 Å². The van der Waals surface area contributed by atoms with Gasteiger partial charge in [-0.15, -0.1) is 0 Å². The lowest BCUT2D eigenvalue weighted by molar-refractivity contribution is -0.122. The number of amides is 1. The van der Waals surface area contributed by atoms with Crippen molar-refractivity contribution in [1.29, 1.82) is 0 Å². The second kappa shape index (κ2) is 7.93. The van der Waals surface area contributed by atoms with Crippen LogP contribution in [0.25, 0.3) is 0 Å². The summed E-state index contributed by atoms with van der Waals surface area (Å²) in [7, 11) is 0. The number of carbonyl (C=O) groups excluding carboxylic acids is 1. The molecule has 1 aromatic rings. The first kappa shape index (κ1) is 16.5. The molecule has 2 unspecified atom stereocenters. The van der Waals surface area contributed by atoms with Gasteiger partial charge in [0.15, 0.2) is 0 Å². The molecule has 1 aliphatic heterocycles. The van der Waals surface area contributed by atoms with E-state index in [1.807, 2.05) is 0 Å². The maximum Gasteiger partial charge on any atom is 0.220 e. The Morgan fingerprint density at radius 2 is 1.87 bits per heavy atom. The third-order valence-electron chi connectivity index (χ3n) is 5.46. The molecule has 4 nitrogen and oxygen atoms in total. The molecule has 0 aromatic heterocycles. The number of rotatable bonds is 5. The Kier molecular flexibility index (Phi) is 5.68. The van der Waals surface area contributed by atoms with Crippen LogP contribution in [0.3, 0.4) is 0 Å². The minimum absolute atomic E-state index is 0.146. The summed E-state index contributed by atoms with van der Waals surface area (Å²) >= 11 is 0. The van der Waals surface area contributed by atoms with E-state index in [1.54, 1.807) is 0 Å². The van der Waals surface area contributed by atoms with Gasteiger partial charge < -0.3 is 15.7 Å². The maximum absolute atomic E-state index is 12.1. The number of aliphatic hydroxyl groups excluding tert-OH is 1. The van der Waals surface area contributed by atoms with Gasteiger partial charge in [-0.25, -0.2) is 0 Å². The van der Waals surface area contributed by atoms with E-state index < -0.39 is 0 Å². The highest BCUT2D eigenvalue weighted by Crippen LogP contribution is 2.36. The van der Waals surface area contributed by atoms with E-state index in [4.69, 9.17) is 0 Å². The Balaban J connectivity index is 1.37. The fourth-order valence-electron chi connectivity index (χ4n) is 3.93. The molecule has 1 aliphatic carbocycles. The number of carbonyl (C=O) groups is 1. The Bertz CT molecular complexity index is 497. The van der Waals surface area contributed by atoms with Crippen molar-refractivity contribution < 1.29 is 9.90 Å². The molecule has 2 fully saturated rings. The first-order valence-electron chi connectivity index (χ1n) is 8.93. The number of hydrogen-bond donors (Lipinski definition) is 3. The molecule has 1 saturated heterocycles. The number of nitrogens with one attached hydrogen (secondary N) is 2. The van der Waals surface area contributed by atoms with E-state index >= 15 is 0 Å². The van der Waals surface area contributed by atoms with Gasteiger partial charge in [-0.05, 0) is 43.1 Å². The number of benzene rings is 1. The molecule has 2 atom stereocenters. The Morgan fingerprint density at radius 3 is 2.52 bits per heavy atom. The van der Waals surface area contributed by atoms with E-state index in [1.165, 1.54) is 18.4 Å². The smallest absolute Gasteiger partial charge is 0.220 e. The molecule has 4 heteroatoms. The van der Waals surface area contributed by atoms with Crippen LogP contribution in [0, 0.1) is 11.8 Å². The SMILES string of the molecule is O=C(CC1CCC(c2ccccc2)CC1)NCC1CNCC1O. The lowest BCUT2D eigenvalue weighted by atomic mass is 9.77. The zero-order chi connectivity index (χ0) is 16.1. The summed E-state index contributed by atoms with van der Waals surface area (Å²) in [4.78, 5) is 12.1. The van der Waals surface area contributed by atoms with Gasteiger partial charge in [0.25, 0.3) is 0 Å². The summed E-state index contributed by atoms with van der Waals surface area (Å²) < 4.78 is 0. The van der Waals surface area contributed by atoms with Gasteiger partial charge in [-0.1, -0.05) is 30.3 Å². The van der Waals surface area contributed by atoms with Crippen molar-refractivity contribution in [2.75, 3.05) is 19.6 Å². The molecule has 3 rings (SSSR count). The monoisotopic (exact) mass is 316 g/mol. The van der Waals surface area contributed by atoms with Crippen molar-refractivity contribution in [2.24, 2.45) is 11.8 Å². The molecule has 23 heavy (non-hydrogen) atoms. The van der Waals surface area contributed by atoms with E-state index in [2.05, 4.69) is 41.0 Å². The molecule has 1 aromatic carbocycles. The maximum atomic E-state index is 12.1. The predicted octanol–water partition coefficient (Wildman–Crippen LogP) is 2.05. The third-order valence-corrected chi connectivity index (χ3v) is 5.46. The van der Waals surface area contributed by atoms with Gasteiger partial charge in [0.1, 0.15) is 0 Å². The average molecular weight is 316 g/mol. The van der Waals surface area contributed by atoms with Gasteiger partial charge in [-0.2, -0.15) is 0 Å². The molecule has 1 saturated carbocycles. The highest BCUT2D eigenvalue weighted by atomic mass is 16.3. The molecule has 0 radical (unpaired) electrons. The van der Waals surface area contributed by atoms with E-state index in [-0.39, 0.29) is 17.9 Å². The summed E-state index contributed by atoms with van der Waals surface area (Å²) in [5, 5.41) is 15.9. The normalized spacial score (nSPS) is 31.0. The van der Waals surface area contributed by atoms with Crippen molar-refractivity contribution in [2.45, 2.75) is 44.1 Å². The summed E-state index contributed by atoms with van der Waals surface area (Å²) in [6.07, 6.45) is 4.97. The van der Waals surface area contributed by atoms with Crippen LogP contribution in [-0.4, -0.2) is 36.8 Å².